The molecule has 1 aromatic carbocycles. The van der Waals surface area contributed by atoms with E-state index in [2.05, 4.69) is 5.32 Å². The predicted molar refractivity (Wildman–Crippen MR) is 80.6 cm³/mol. The van der Waals surface area contributed by atoms with Gasteiger partial charge in [0.2, 0.25) is 0 Å². The molecule has 0 heterocycles. The number of hydrogen-bond donors (Lipinski definition) is 2. The van der Waals surface area contributed by atoms with E-state index in [9.17, 15) is 8.42 Å². The highest BCUT2D eigenvalue weighted by atomic mass is 32.2. The molecule has 2 atom stereocenters. The molecule has 0 spiro atoms. The lowest BCUT2D eigenvalue weighted by Crippen LogP contribution is -2.24. The van der Waals surface area contributed by atoms with Crippen molar-refractivity contribution >= 4 is 15.5 Å². The van der Waals surface area contributed by atoms with E-state index in [1.807, 2.05) is 12.1 Å². The van der Waals surface area contributed by atoms with Gasteiger partial charge in [0, 0.05) is 18.3 Å². The SMILES string of the molecule is CCS(=O)(=O)c1ccc(N[C@H]2CCC[C@@H]2CCO)cc1. The van der Waals surface area contributed by atoms with Crippen molar-refractivity contribution in [2.24, 2.45) is 5.92 Å². The standard InChI is InChI=1S/C15H23NO3S/c1-2-20(18,19)14-8-6-13(7-9-14)16-15-5-3-4-12(15)10-11-17/h6-9,12,15-17H,2-5,10-11H2,1H3/t12-,15+/m1/s1. The average Bonchev–Trinajstić information content (AvgIpc) is 2.87. The van der Waals surface area contributed by atoms with Gasteiger partial charge in [-0.25, -0.2) is 8.42 Å². The summed E-state index contributed by atoms with van der Waals surface area (Å²) in [7, 11) is -3.12. The number of aliphatic hydroxyl groups excluding tert-OH is 1. The fraction of sp³-hybridized carbons (Fsp3) is 0.600. The molecule has 1 fully saturated rings. The molecule has 20 heavy (non-hydrogen) atoms. The Bertz CT molecular complexity index is 525. The quantitative estimate of drug-likeness (QED) is 0.846. The van der Waals surface area contributed by atoms with Gasteiger partial charge in [0.15, 0.2) is 9.84 Å². The topological polar surface area (TPSA) is 66.4 Å². The summed E-state index contributed by atoms with van der Waals surface area (Å²) in [4.78, 5) is 0.379. The van der Waals surface area contributed by atoms with Gasteiger partial charge in [-0.15, -0.1) is 0 Å². The molecule has 0 amide bonds. The van der Waals surface area contributed by atoms with Crippen molar-refractivity contribution in [3.63, 3.8) is 0 Å². The molecule has 0 radical (unpaired) electrons. The summed E-state index contributed by atoms with van der Waals surface area (Å²) in [5.74, 6) is 0.639. The molecule has 1 aliphatic carbocycles. The maximum atomic E-state index is 11.7. The van der Waals surface area contributed by atoms with Gasteiger partial charge in [0.1, 0.15) is 0 Å². The van der Waals surface area contributed by atoms with E-state index in [4.69, 9.17) is 5.11 Å². The Morgan fingerprint density at radius 2 is 1.95 bits per heavy atom. The van der Waals surface area contributed by atoms with Crippen LogP contribution < -0.4 is 5.32 Å². The minimum atomic E-state index is -3.12. The summed E-state index contributed by atoms with van der Waals surface area (Å²) in [6, 6.07) is 7.37. The number of rotatable bonds is 6. The van der Waals surface area contributed by atoms with Crippen molar-refractivity contribution in [1.82, 2.24) is 0 Å². The van der Waals surface area contributed by atoms with E-state index in [1.165, 1.54) is 6.42 Å². The lowest BCUT2D eigenvalue weighted by Gasteiger charge is -2.21. The van der Waals surface area contributed by atoms with Crippen molar-refractivity contribution in [2.45, 2.75) is 43.5 Å². The van der Waals surface area contributed by atoms with Gasteiger partial charge in [0.05, 0.1) is 10.6 Å². The second-order valence-corrected chi connectivity index (χ2v) is 7.66. The van der Waals surface area contributed by atoms with E-state index in [1.54, 1.807) is 19.1 Å². The first-order chi connectivity index (χ1) is 9.56. The van der Waals surface area contributed by atoms with Crippen LogP contribution >= 0.6 is 0 Å². The maximum Gasteiger partial charge on any atom is 0.178 e. The highest BCUT2D eigenvalue weighted by Gasteiger charge is 2.26. The highest BCUT2D eigenvalue weighted by molar-refractivity contribution is 7.91. The molecule has 1 aliphatic rings. The van der Waals surface area contributed by atoms with Crippen molar-refractivity contribution < 1.29 is 13.5 Å². The van der Waals surface area contributed by atoms with Crippen LogP contribution in [0, 0.1) is 5.92 Å². The van der Waals surface area contributed by atoms with E-state index in [0.717, 1.165) is 24.9 Å². The van der Waals surface area contributed by atoms with Crippen LogP contribution in [0.3, 0.4) is 0 Å². The third-order valence-electron chi connectivity index (χ3n) is 4.10. The van der Waals surface area contributed by atoms with Crippen molar-refractivity contribution in [3.05, 3.63) is 24.3 Å². The largest absolute Gasteiger partial charge is 0.396 e. The summed E-state index contributed by atoms with van der Waals surface area (Å²) in [5.41, 5.74) is 0.954. The normalized spacial score (nSPS) is 22.9. The number of aliphatic hydroxyl groups is 1. The molecule has 2 N–H and O–H groups in total. The number of hydrogen-bond acceptors (Lipinski definition) is 4. The number of nitrogens with one attached hydrogen (secondary N) is 1. The van der Waals surface area contributed by atoms with Crippen molar-refractivity contribution in [1.29, 1.82) is 0 Å². The molecule has 5 heteroatoms. The Morgan fingerprint density at radius 3 is 2.55 bits per heavy atom. The number of anilines is 1. The molecule has 0 aromatic heterocycles. The molecule has 1 saturated carbocycles. The van der Waals surface area contributed by atoms with Gasteiger partial charge < -0.3 is 10.4 Å². The van der Waals surface area contributed by atoms with Crippen LogP contribution in [-0.2, 0) is 9.84 Å². The Morgan fingerprint density at radius 1 is 1.25 bits per heavy atom. The maximum absolute atomic E-state index is 11.7. The van der Waals surface area contributed by atoms with Gasteiger partial charge in [0.25, 0.3) is 0 Å². The summed E-state index contributed by atoms with van der Waals surface area (Å²) in [5, 5.41) is 12.5. The summed E-state index contributed by atoms with van der Waals surface area (Å²) in [6.45, 7) is 1.88. The molecule has 0 saturated heterocycles. The fourth-order valence-electron chi connectivity index (χ4n) is 2.88. The molecule has 0 bridgehead atoms. The van der Waals surface area contributed by atoms with Crippen LogP contribution in [0.4, 0.5) is 5.69 Å². The Labute approximate surface area is 121 Å². The van der Waals surface area contributed by atoms with E-state index in [-0.39, 0.29) is 12.4 Å². The van der Waals surface area contributed by atoms with Crippen LogP contribution in [0.2, 0.25) is 0 Å². The second-order valence-electron chi connectivity index (χ2n) is 5.38. The van der Waals surface area contributed by atoms with Crippen LogP contribution in [0.25, 0.3) is 0 Å². The minimum Gasteiger partial charge on any atom is -0.396 e. The van der Waals surface area contributed by atoms with Gasteiger partial charge >= 0.3 is 0 Å². The Kier molecular flexibility index (Phi) is 5.05. The summed E-state index contributed by atoms with van der Waals surface area (Å²) >= 11 is 0. The minimum absolute atomic E-state index is 0.126. The molecule has 4 nitrogen and oxygen atoms in total. The van der Waals surface area contributed by atoms with E-state index < -0.39 is 9.84 Å². The van der Waals surface area contributed by atoms with Crippen LogP contribution in [0.1, 0.15) is 32.6 Å². The average molecular weight is 297 g/mol. The lowest BCUT2D eigenvalue weighted by molar-refractivity contribution is 0.254. The van der Waals surface area contributed by atoms with Gasteiger partial charge in [-0.05, 0) is 49.4 Å². The van der Waals surface area contributed by atoms with Crippen LogP contribution in [0.15, 0.2) is 29.2 Å². The molecule has 0 unspecified atom stereocenters. The smallest absolute Gasteiger partial charge is 0.178 e. The molecular formula is C15H23NO3S. The molecule has 2 rings (SSSR count). The molecule has 112 valence electrons. The number of benzene rings is 1. The van der Waals surface area contributed by atoms with Crippen LogP contribution in [-0.4, -0.2) is 31.9 Å². The molecular weight excluding hydrogens is 274 g/mol. The van der Waals surface area contributed by atoms with Gasteiger partial charge in [-0.1, -0.05) is 13.3 Å². The second kappa shape index (κ2) is 6.59. The predicted octanol–water partition coefficient (Wildman–Crippen LogP) is 2.44. The van der Waals surface area contributed by atoms with Gasteiger partial charge in [-0.2, -0.15) is 0 Å². The number of sulfone groups is 1. The van der Waals surface area contributed by atoms with Gasteiger partial charge in [-0.3, -0.25) is 0 Å². The van der Waals surface area contributed by atoms with Crippen molar-refractivity contribution in [3.8, 4) is 0 Å². The third kappa shape index (κ3) is 3.52. The van der Waals surface area contributed by atoms with E-state index in [0.29, 0.717) is 16.9 Å². The first kappa shape index (κ1) is 15.3. The molecule has 0 aliphatic heterocycles. The third-order valence-corrected chi connectivity index (χ3v) is 5.85. The Balaban J connectivity index is 2.04. The monoisotopic (exact) mass is 297 g/mol. The summed E-state index contributed by atoms with van der Waals surface area (Å²) in [6.07, 6.45) is 4.28. The lowest BCUT2D eigenvalue weighted by atomic mass is 10.00. The van der Waals surface area contributed by atoms with Crippen molar-refractivity contribution in [2.75, 3.05) is 17.7 Å². The first-order valence-electron chi connectivity index (χ1n) is 7.27. The Hall–Kier alpha value is -1.07. The van der Waals surface area contributed by atoms with Crippen LogP contribution in [0.5, 0.6) is 0 Å². The van der Waals surface area contributed by atoms with E-state index >= 15 is 0 Å². The highest BCUT2D eigenvalue weighted by Crippen LogP contribution is 2.31. The zero-order valence-electron chi connectivity index (χ0n) is 11.9. The fourth-order valence-corrected chi connectivity index (χ4v) is 3.76. The first-order valence-corrected chi connectivity index (χ1v) is 8.92. The molecule has 1 aromatic rings. The zero-order chi connectivity index (χ0) is 14.6. The summed E-state index contributed by atoms with van der Waals surface area (Å²) < 4.78 is 23.5. The zero-order valence-corrected chi connectivity index (χ0v) is 12.7.